The van der Waals surface area contributed by atoms with E-state index in [0.717, 1.165) is 45.1 Å². The largest absolute Gasteiger partial charge is 0.394 e. The Labute approximate surface area is 300 Å². The maximum Gasteiger partial charge on any atom is 0.187 e. The summed E-state index contributed by atoms with van der Waals surface area (Å²) in [6.07, 6.45) is -5.30. The molecule has 8 fully saturated rings. The highest BCUT2D eigenvalue weighted by Crippen LogP contribution is 2.71. The van der Waals surface area contributed by atoms with Crippen molar-refractivity contribution < 1.29 is 63.9 Å². The van der Waals surface area contributed by atoms with Crippen molar-refractivity contribution in [3.05, 3.63) is 0 Å². The molecule has 6 N–H and O–H groups in total. The first-order chi connectivity index (χ1) is 24.2. The Hall–Kier alpha value is -0.810. The Morgan fingerprint density at radius 1 is 0.824 bits per heavy atom. The SMILES string of the molecule is C[C@@H]1CC[C@@]2(OC1)O[C@H]1C[C@H]3[C@@H]4CC(=O)[C@H]5C[C@@H](O[C@@H]6O[C@H](CO)[C@@H](O)[C@H](O)[C@H]6O[C@H]6OC[C@H](O)[C@H](O)[C@H]6O)CC[C@]5(C)[C@H]4CC[C@]3(C)[C@H]1[C@@H]2C. The highest BCUT2D eigenvalue weighted by molar-refractivity contribution is 5.83. The number of ether oxygens (including phenoxy) is 6. The molecule has 51 heavy (non-hydrogen) atoms. The van der Waals surface area contributed by atoms with Crippen LogP contribution in [0.2, 0.25) is 0 Å². The number of fused-ring (bicyclic) bond motifs is 7. The Kier molecular flexibility index (Phi) is 9.79. The van der Waals surface area contributed by atoms with Gasteiger partial charge in [-0.3, -0.25) is 4.79 Å². The number of aliphatic hydroxyl groups excluding tert-OH is 6. The van der Waals surface area contributed by atoms with Crippen LogP contribution in [0.15, 0.2) is 0 Å². The molecular weight excluding hydrogens is 664 g/mol. The summed E-state index contributed by atoms with van der Waals surface area (Å²) in [5.41, 5.74) is -0.0738. The fourth-order valence-electron chi connectivity index (χ4n) is 12.7. The first kappa shape index (κ1) is 37.1. The van der Waals surface area contributed by atoms with Crippen LogP contribution in [0.5, 0.6) is 0 Å². The van der Waals surface area contributed by atoms with Gasteiger partial charge in [-0.15, -0.1) is 0 Å². The predicted octanol–water partition coefficient (Wildman–Crippen LogP) is 1.26. The van der Waals surface area contributed by atoms with Crippen LogP contribution in [0.3, 0.4) is 0 Å². The van der Waals surface area contributed by atoms with Crippen LogP contribution in [-0.4, -0.2) is 130 Å². The molecule has 21 atom stereocenters. The monoisotopic (exact) mass is 724 g/mol. The van der Waals surface area contributed by atoms with Gasteiger partial charge in [0.1, 0.15) is 48.5 Å². The summed E-state index contributed by atoms with van der Waals surface area (Å²) in [5, 5.41) is 62.2. The lowest BCUT2D eigenvalue weighted by Gasteiger charge is -2.60. The van der Waals surface area contributed by atoms with Crippen molar-refractivity contribution in [2.24, 2.45) is 52.3 Å². The molecule has 13 heteroatoms. The normalized spacial score (nSPS) is 58.5. The molecule has 0 unspecified atom stereocenters. The maximum atomic E-state index is 14.3. The Balaban J connectivity index is 0.961. The van der Waals surface area contributed by atoms with Crippen LogP contribution in [0, 0.1) is 52.3 Å². The van der Waals surface area contributed by atoms with Crippen LogP contribution in [-0.2, 0) is 33.2 Å². The minimum atomic E-state index is -1.63. The van der Waals surface area contributed by atoms with E-state index in [1.54, 1.807) is 0 Å². The van der Waals surface area contributed by atoms with Gasteiger partial charge < -0.3 is 59.1 Å². The van der Waals surface area contributed by atoms with Crippen LogP contribution in [0.25, 0.3) is 0 Å². The predicted molar refractivity (Wildman–Crippen MR) is 177 cm³/mol. The second kappa shape index (κ2) is 13.4. The van der Waals surface area contributed by atoms with Crippen LogP contribution >= 0.6 is 0 Å². The molecule has 290 valence electrons. The summed E-state index contributed by atoms with van der Waals surface area (Å²) in [6.45, 7) is 9.23. The van der Waals surface area contributed by atoms with Gasteiger partial charge in [0.2, 0.25) is 0 Å². The average Bonchev–Trinajstić information content (AvgIpc) is 3.55. The second-order valence-corrected chi connectivity index (χ2v) is 18.2. The minimum Gasteiger partial charge on any atom is -0.394 e. The first-order valence-electron chi connectivity index (χ1n) is 19.6. The molecule has 0 aromatic carbocycles. The van der Waals surface area contributed by atoms with Gasteiger partial charge >= 0.3 is 0 Å². The molecule has 4 saturated carbocycles. The van der Waals surface area contributed by atoms with E-state index in [1.165, 1.54) is 0 Å². The molecule has 0 aromatic rings. The lowest BCUT2D eigenvalue weighted by molar-refractivity contribution is -0.363. The van der Waals surface area contributed by atoms with Crippen molar-refractivity contribution in [2.45, 2.75) is 159 Å². The first-order valence-corrected chi connectivity index (χ1v) is 19.6. The van der Waals surface area contributed by atoms with Crippen molar-refractivity contribution in [3.63, 3.8) is 0 Å². The van der Waals surface area contributed by atoms with E-state index in [0.29, 0.717) is 54.8 Å². The summed E-state index contributed by atoms with van der Waals surface area (Å²) in [6, 6.07) is 0. The number of hydrogen-bond donors (Lipinski definition) is 6. The van der Waals surface area contributed by atoms with Crippen molar-refractivity contribution in [1.82, 2.24) is 0 Å². The fourth-order valence-corrected chi connectivity index (χ4v) is 12.7. The van der Waals surface area contributed by atoms with Crippen molar-refractivity contribution in [3.8, 4) is 0 Å². The number of hydrogen-bond acceptors (Lipinski definition) is 13. The van der Waals surface area contributed by atoms with E-state index in [4.69, 9.17) is 28.4 Å². The zero-order valence-corrected chi connectivity index (χ0v) is 30.4. The third-order valence-corrected chi connectivity index (χ3v) is 15.6. The molecule has 0 bridgehead atoms. The summed E-state index contributed by atoms with van der Waals surface area (Å²) in [7, 11) is 0. The van der Waals surface area contributed by atoms with Gasteiger partial charge in [0.25, 0.3) is 0 Å². The van der Waals surface area contributed by atoms with Crippen molar-refractivity contribution >= 4 is 5.78 Å². The lowest BCUT2D eigenvalue weighted by Crippen LogP contribution is -2.64. The zero-order chi connectivity index (χ0) is 36.2. The van der Waals surface area contributed by atoms with Crippen LogP contribution < -0.4 is 0 Å². The summed E-state index contributed by atoms with van der Waals surface area (Å²) in [5.74, 6) is 2.08. The standard InChI is InChI=1S/C38H60O13/c1-17-5-10-38(47-15-17)18(2)28-26(51-38)13-22-20-12-24(40)23-11-19(6-8-36(23,3)21(20)7-9-37(22,28)4)48-35-33(31(44)30(43)27(14-39)49-35)50-34-32(45)29(42)25(41)16-46-34/h17-23,25-35,39,41-45H,5-16H2,1-4H3/t17-,18+,19+,20-,21+,22+,23-,25+,26+,27-,28+,29+,30-,31+,32-,33-,34-,35-,36-,37+,38-/m1/s1. The molecule has 0 aromatic heterocycles. The fraction of sp³-hybridized carbons (Fsp3) is 0.974. The van der Waals surface area contributed by atoms with E-state index in [9.17, 15) is 35.4 Å². The van der Waals surface area contributed by atoms with Crippen LogP contribution in [0.4, 0.5) is 0 Å². The third kappa shape index (κ3) is 5.82. The van der Waals surface area contributed by atoms with E-state index >= 15 is 0 Å². The quantitative estimate of drug-likeness (QED) is 0.222. The molecule has 0 amide bonds. The molecule has 4 aliphatic heterocycles. The van der Waals surface area contributed by atoms with Gasteiger partial charge in [0, 0.05) is 24.7 Å². The van der Waals surface area contributed by atoms with E-state index in [1.807, 2.05) is 0 Å². The minimum absolute atomic E-state index is 0.108. The number of carbonyl (C=O) groups excluding carboxylic acids is 1. The molecule has 1 spiro atoms. The average molecular weight is 725 g/mol. The highest BCUT2D eigenvalue weighted by atomic mass is 16.8. The van der Waals surface area contributed by atoms with Crippen molar-refractivity contribution in [2.75, 3.05) is 19.8 Å². The molecule has 4 heterocycles. The Morgan fingerprint density at radius 3 is 2.31 bits per heavy atom. The molecular formula is C38H60O13. The molecule has 8 rings (SSSR count). The summed E-state index contributed by atoms with van der Waals surface area (Å²) >= 11 is 0. The maximum absolute atomic E-state index is 14.3. The molecule has 8 aliphatic rings. The van der Waals surface area contributed by atoms with Gasteiger partial charge in [-0.2, -0.15) is 0 Å². The molecule has 4 saturated heterocycles. The molecule has 0 radical (unpaired) electrons. The second-order valence-electron chi connectivity index (χ2n) is 18.2. The zero-order valence-electron chi connectivity index (χ0n) is 30.4. The van der Waals surface area contributed by atoms with E-state index in [-0.39, 0.29) is 35.2 Å². The number of Topliss-reactive ketones (excluding diaryl/α,β-unsaturated/α-hetero) is 1. The van der Waals surface area contributed by atoms with E-state index < -0.39 is 73.8 Å². The number of aliphatic hydroxyl groups is 6. The van der Waals surface area contributed by atoms with Gasteiger partial charge in [-0.05, 0) is 85.4 Å². The molecule has 13 nitrogen and oxygen atoms in total. The van der Waals surface area contributed by atoms with Gasteiger partial charge in [0.05, 0.1) is 32.0 Å². The number of rotatable bonds is 5. The van der Waals surface area contributed by atoms with Crippen LogP contribution in [0.1, 0.15) is 85.5 Å². The van der Waals surface area contributed by atoms with Crippen molar-refractivity contribution in [1.29, 1.82) is 0 Å². The third-order valence-electron chi connectivity index (χ3n) is 15.6. The number of carbonyl (C=O) groups is 1. The molecule has 4 aliphatic carbocycles. The van der Waals surface area contributed by atoms with Gasteiger partial charge in [-0.25, -0.2) is 0 Å². The summed E-state index contributed by atoms with van der Waals surface area (Å²) in [4.78, 5) is 14.3. The topological polar surface area (TPSA) is 194 Å². The van der Waals surface area contributed by atoms with Gasteiger partial charge in [-0.1, -0.05) is 27.7 Å². The Morgan fingerprint density at radius 2 is 1.59 bits per heavy atom. The highest BCUT2D eigenvalue weighted by Gasteiger charge is 2.70. The summed E-state index contributed by atoms with van der Waals surface area (Å²) < 4.78 is 37.1. The number of ketones is 1. The Bertz CT molecular complexity index is 1290. The smallest absolute Gasteiger partial charge is 0.187 e. The van der Waals surface area contributed by atoms with Gasteiger partial charge in [0.15, 0.2) is 18.4 Å². The van der Waals surface area contributed by atoms with E-state index in [2.05, 4.69) is 27.7 Å². The lowest BCUT2D eigenvalue weighted by atomic mass is 9.44.